The first kappa shape index (κ1) is 10.5. The first-order valence-corrected chi connectivity index (χ1v) is 4.87. The van der Waals surface area contributed by atoms with Crippen LogP contribution >= 0.6 is 0 Å². The predicted molar refractivity (Wildman–Crippen MR) is 52.3 cm³/mol. The second-order valence-corrected chi connectivity index (χ2v) is 3.73. The Morgan fingerprint density at radius 3 is 2.46 bits per heavy atom. The van der Waals surface area contributed by atoms with Gasteiger partial charge in [-0.1, -0.05) is 6.92 Å². The maximum Gasteiger partial charge on any atom is 0.237 e. The van der Waals surface area contributed by atoms with Crippen LogP contribution in [0.2, 0.25) is 0 Å². The monoisotopic (exact) mass is 185 g/mol. The fraction of sp³-hybridized carbons (Fsp3) is 0.889. The van der Waals surface area contributed by atoms with Gasteiger partial charge in [0, 0.05) is 26.2 Å². The van der Waals surface area contributed by atoms with Crippen molar-refractivity contribution in [1.29, 1.82) is 0 Å². The van der Waals surface area contributed by atoms with Crippen molar-refractivity contribution in [3.05, 3.63) is 0 Å². The number of nitrogens with one attached hydrogen (secondary N) is 1. The molecule has 1 heterocycles. The molecule has 0 aromatic carbocycles. The molecule has 0 spiro atoms. The Bertz CT molecular complexity index is 189. The highest BCUT2D eigenvalue weighted by Gasteiger charge is 2.36. The summed E-state index contributed by atoms with van der Waals surface area (Å²) in [5.41, 5.74) is 4.96. The summed E-state index contributed by atoms with van der Waals surface area (Å²) in [5.74, 6) is -0.211. The molecule has 0 radical (unpaired) electrons. The topological polar surface area (TPSA) is 58.4 Å². The molecule has 76 valence electrons. The zero-order chi connectivity index (χ0) is 9.90. The number of nitrogens with two attached hydrogens (primary N) is 1. The quantitative estimate of drug-likeness (QED) is 0.626. The first-order valence-electron chi connectivity index (χ1n) is 4.87. The third kappa shape index (κ3) is 2.00. The number of carbonyl (C=O) groups excluding carboxylic acids is 1. The maximum atomic E-state index is 11.3. The summed E-state index contributed by atoms with van der Waals surface area (Å²) in [7, 11) is 0. The van der Waals surface area contributed by atoms with E-state index in [4.69, 9.17) is 5.73 Å². The van der Waals surface area contributed by atoms with Gasteiger partial charge in [0.05, 0.1) is 5.54 Å². The normalized spacial score (nSPS) is 23.8. The second-order valence-electron chi connectivity index (χ2n) is 3.73. The Hall–Kier alpha value is -0.610. The van der Waals surface area contributed by atoms with Gasteiger partial charge < -0.3 is 11.1 Å². The minimum absolute atomic E-state index is 0.211. The van der Waals surface area contributed by atoms with E-state index in [1.54, 1.807) is 0 Å². The van der Waals surface area contributed by atoms with Crippen LogP contribution in [-0.2, 0) is 4.79 Å². The molecule has 1 atom stereocenters. The van der Waals surface area contributed by atoms with E-state index in [0.29, 0.717) is 0 Å². The zero-order valence-electron chi connectivity index (χ0n) is 8.47. The van der Waals surface area contributed by atoms with Crippen molar-refractivity contribution in [3.63, 3.8) is 0 Å². The molecule has 4 nitrogen and oxygen atoms in total. The van der Waals surface area contributed by atoms with Gasteiger partial charge in [-0.2, -0.15) is 0 Å². The van der Waals surface area contributed by atoms with Crippen LogP contribution in [0.3, 0.4) is 0 Å². The van der Waals surface area contributed by atoms with Crippen LogP contribution in [0.5, 0.6) is 0 Å². The van der Waals surface area contributed by atoms with Crippen molar-refractivity contribution in [2.45, 2.75) is 25.8 Å². The third-order valence-corrected chi connectivity index (χ3v) is 3.03. The lowest BCUT2D eigenvalue weighted by Gasteiger charge is -2.40. The van der Waals surface area contributed by atoms with E-state index in [1.165, 1.54) is 0 Å². The molecule has 1 aliphatic heterocycles. The predicted octanol–water partition coefficient (Wildman–Crippen LogP) is -0.454. The number of hydrogen-bond donors (Lipinski definition) is 2. The third-order valence-electron chi connectivity index (χ3n) is 3.03. The summed E-state index contributed by atoms with van der Waals surface area (Å²) in [4.78, 5) is 13.5. The lowest BCUT2D eigenvalue weighted by Crippen LogP contribution is -2.60. The van der Waals surface area contributed by atoms with Gasteiger partial charge in [0.1, 0.15) is 0 Å². The number of amides is 1. The summed E-state index contributed by atoms with van der Waals surface area (Å²) < 4.78 is 0. The molecular formula is C9H19N3O. The Kier molecular flexibility index (Phi) is 3.27. The van der Waals surface area contributed by atoms with Gasteiger partial charge in [0.15, 0.2) is 0 Å². The molecule has 1 fully saturated rings. The average Bonchev–Trinajstić information content (AvgIpc) is 2.17. The molecule has 3 N–H and O–H groups in total. The Labute approximate surface area is 79.5 Å². The van der Waals surface area contributed by atoms with Crippen LogP contribution < -0.4 is 11.1 Å². The fourth-order valence-corrected chi connectivity index (χ4v) is 1.71. The molecule has 4 heteroatoms. The van der Waals surface area contributed by atoms with Gasteiger partial charge >= 0.3 is 0 Å². The Balaban J connectivity index is 2.68. The molecular weight excluding hydrogens is 166 g/mol. The molecule has 0 aromatic heterocycles. The zero-order valence-corrected chi connectivity index (χ0v) is 8.47. The number of rotatable bonds is 3. The second kappa shape index (κ2) is 4.07. The summed E-state index contributed by atoms with van der Waals surface area (Å²) in [6.45, 7) is 7.65. The Morgan fingerprint density at radius 2 is 2.08 bits per heavy atom. The molecule has 13 heavy (non-hydrogen) atoms. The molecule has 1 unspecified atom stereocenters. The van der Waals surface area contributed by atoms with Gasteiger partial charge in [-0.15, -0.1) is 0 Å². The molecule has 0 bridgehead atoms. The van der Waals surface area contributed by atoms with Crippen molar-refractivity contribution >= 4 is 5.91 Å². The van der Waals surface area contributed by atoms with Crippen LogP contribution in [0.4, 0.5) is 0 Å². The number of hydrogen-bond acceptors (Lipinski definition) is 3. The van der Waals surface area contributed by atoms with Crippen LogP contribution in [0.1, 0.15) is 20.3 Å². The van der Waals surface area contributed by atoms with Crippen LogP contribution in [0, 0.1) is 0 Å². The van der Waals surface area contributed by atoms with Gasteiger partial charge in [0.2, 0.25) is 5.91 Å². The highest BCUT2D eigenvalue weighted by atomic mass is 16.1. The molecule has 0 saturated carbocycles. The summed E-state index contributed by atoms with van der Waals surface area (Å²) in [6, 6.07) is 0. The van der Waals surface area contributed by atoms with E-state index in [0.717, 1.165) is 32.6 Å². The van der Waals surface area contributed by atoms with Gasteiger partial charge in [-0.25, -0.2) is 0 Å². The minimum Gasteiger partial charge on any atom is -0.368 e. The minimum atomic E-state index is -0.456. The van der Waals surface area contributed by atoms with Crippen molar-refractivity contribution in [2.24, 2.45) is 5.73 Å². The SMILES string of the molecule is CCC(C)(C(N)=O)N1CCNCC1. The van der Waals surface area contributed by atoms with Crippen molar-refractivity contribution in [2.75, 3.05) is 26.2 Å². The van der Waals surface area contributed by atoms with E-state index in [2.05, 4.69) is 10.2 Å². The summed E-state index contributed by atoms with van der Waals surface area (Å²) in [5, 5.41) is 3.26. The van der Waals surface area contributed by atoms with E-state index < -0.39 is 5.54 Å². The molecule has 0 aromatic rings. The highest BCUT2D eigenvalue weighted by molar-refractivity contribution is 5.84. The van der Waals surface area contributed by atoms with Gasteiger partial charge in [-0.3, -0.25) is 9.69 Å². The smallest absolute Gasteiger partial charge is 0.237 e. The summed E-state index contributed by atoms with van der Waals surface area (Å²) in [6.07, 6.45) is 0.780. The van der Waals surface area contributed by atoms with Crippen LogP contribution in [0.25, 0.3) is 0 Å². The molecule has 0 aliphatic carbocycles. The molecule has 1 saturated heterocycles. The standard InChI is InChI=1S/C9H19N3O/c1-3-9(2,8(10)13)12-6-4-11-5-7-12/h11H,3-7H2,1-2H3,(H2,10,13). The molecule has 1 rings (SSSR count). The highest BCUT2D eigenvalue weighted by Crippen LogP contribution is 2.18. The maximum absolute atomic E-state index is 11.3. The molecule has 1 amide bonds. The van der Waals surface area contributed by atoms with E-state index in [1.807, 2.05) is 13.8 Å². The van der Waals surface area contributed by atoms with Gasteiger partial charge in [-0.05, 0) is 13.3 Å². The lowest BCUT2D eigenvalue weighted by molar-refractivity contribution is -0.130. The molecule has 1 aliphatic rings. The number of primary amides is 1. The lowest BCUT2D eigenvalue weighted by atomic mass is 9.95. The van der Waals surface area contributed by atoms with Crippen LogP contribution in [-0.4, -0.2) is 42.5 Å². The van der Waals surface area contributed by atoms with E-state index in [9.17, 15) is 4.79 Å². The van der Waals surface area contributed by atoms with Crippen molar-refractivity contribution < 1.29 is 4.79 Å². The largest absolute Gasteiger partial charge is 0.368 e. The number of nitrogens with zero attached hydrogens (tertiary/aromatic N) is 1. The summed E-state index contributed by atoms with van der Waals surface area (Å²) >= 11 is 0. The first-order chi connectivity index (χ1) is 6.11. The Morgan fingerprint density at radius 1 is 1.54 bits per heavy atom. The van der Waals surface area contributed by atoms with Crippen molar-refractivity contribution in [1.82, 2.24) is 10.2 Å². The van der Waals surface area contributed by atoms with Crippen LogP contribution in [0.15, 0.2) is 0 Å². The number of piperazine rings is 1. The fourth-order valence-electron chi connectivity index (χ4n) is 1.71. The van der Waals surface area contributed by atoms with Gasteiger partial charge in [0.25, 0.3) is 0 Å². The van der Waals surface area contributed by atoms with E-state index in [-0.39, 0.29) is 5.91 Å². The number of carbonyl (C=O) groups is 1. The van der Waals surface area contributed by atoms with E-state index >= 15 is 0 Å². The average molecular weight is 185 g/mol. The van der Waals surface area contributed by atoms with Crippen molar-refractivity contribution in [3.8, 4) is 0 Å².